The summed E-state index contributed by atoms with van der Waals surface area (Å²) in [5.41, 5.74) is 5.63. The Balaban J connectivity index is 2.46. The predicted octanol–water partition coefficient (Wildman–Crippen LogP) is 2.68. The highest BCUT2D eigenvalue weighted by Crippen LogP contribution is 2.23. The van der Waals surface area contributed by atoms with Crippen LogP contribution in [0.3, 0.4) is 0 Å². The first-order valence-corrected chi connectivity index (χ1v) is 5.21. The van der Waals surface area contributed by atoms with Crippen molar-refractivity contribution < 1.29 is 13.2 Å². The first-order valence-electron chi connectivity index (χ1n) is 5.21. The first-order chi connectivity index (χ1) is 8.61. The molecule has 1 heterocycles. The molecule has 18 heavy (non-hydrogen) atoms. The van der Waals surface area contributed by atoms with E-state index < -0.39 is 12.2 Å². The molecule has 2 rings (SSSR count). The van der Waals surface area contributed by atoms with E-state index in [9.17, 15) is 13.2 Å². The molecule has 3 nitrogen and oxygen atoms in total. The number of rotatable bonds is 3. The Hall–Kier alpha value is -1.95. The highest BCUT2D eigenvalue weighted by molar-refractivity contribution is 5.54. The molecule has 0 saturated carbocycles. The van der Waals surface area contributed by atoms with Crippen molar-refractivity contribution in [2.24, 2.45) is 5.73 Å². The Kier molecular flexibility index (Phi) is 3.57. The summed E-state index contributed by atoms with van der Waals surface area (Å²) in [7, 11) is 0. The van der Waals surface area contributed by atoms with Gasteiger partial charge in [-0.3, -0.25) is 0 Å². The molecule has 0 aliphatic carbocycles. The van der Waals surface area contributed by atoms with E-state index in [1.165, 1.54) is 30.5 Å². The van der Waals surface area contributed by atoms with E-state index in [2.05, 4.69) is 9.97 Å². The predicted molar refractivity (Wildman–Crippen MR) is 60.3 cm³/mol. The smallest absolute Gasteiger partial charge is 0.280 e. The zero-order valence-corrected chi connectivity index (χ0v) is 9.28. The number of hydrogen-bond donors (Lipinski definition) is 1. The van der Waals surface area contributed by atoms with E-state index in [-0.39, 0.29) is 23.6 Å². The number of nitrogens with zero attached hydrogens (tertiary/aromatic N) is 2. The summed E-state index contributed by atoms with van der Waals surface area (Å²) in [5.74, 6) is -0.283. The number of halogens is 3. The second kappa shape index (κ2) is 5.14. The number of hydrogen-bond acceptors (Lipinski definition) is 3. The van der Waals surface area contributed by atoms with Gasteiger partial charge in [0.1, 0.15) is 11.5 Å². The fourth-order valence-corrected chi connectivity index (χ4v) is 1.50. The van der Waals surface area contributed by atoms with Gasteiger partial charge in [-0.25, -0.2) is 23.1 Å². The standard InChI is InChI=1S/C12H10F3N3/c13-9-3-1-7(2-4-9)12-17-6-8(5-16)10(18-12)11(14)15/h1-4,6,11H,5,16H2. The summed E-state index contributed by atoms with van der Waals surface area (Å²) < 4.78 is 38.3. The van der Waals surface area contributed by atoms with Crippen molar-refractivity contribution >= 4 is 0 Å². The van der Waals surface area contributed by atoms with Crippen molar-refractivity contribution in [1.82, 2.24) is 9.97 Å². The van der Waals surface area contributed by atoms with Gasteiger partial charge in [0, 0.05) is 23.9 Å². The van der Waals surface area contributed by atoms with Gasteiger partial charge in [0.25, 0.3) is 6.43 Å². The average Bonchev–Trinajstić information content (AvgIpc) is 2.39. The number of nitrogens with two attached hydrogens (primary N) is 1. The van der Waals surface area contributed by atoms with E-state index in [0.29, 0.717) is 5.56 Å². The van der Waals surface area contributed by atoms with E-state index in [1.807, 2.05) is 0 Å². The second-order valence-corrected chi connectivity index (χ2v) is 3.62. The molecular weight excluding hydrogens is 243 g/mol. The van der Waals surface area contributed by atoms with Crippen molar-refractivity contribution in [1.29, 1.82) is 0 Å². The third kappa shape index (κ3) is 2.48. The summed E-state index contributed by atoms with van der Waals surface area (Å²) in [6.45, 7) is -0.0522. The maximum atomic E-state index is 12.8. The van der Waals surface area contributed by atoms with Crippen molar-refractivity contribution in [2.45, 2.75) is 13.0 Å². The third-order valence-electron chi connectivity index (χ3n) is 2.43. The fourth-order valence-electron chi connectivity index (χ4n) is 1.50. The van der Waals surface area contributed by atoms with Gasteiger partial charge in [-0.1, -0.05) is 0 Å². The molecule has 6 heteroatoms. The van der Waals surface area contributed by atoms with Crippen LogP contribution in [-0.2, 0) is 6.54 Å². The van der Waals surface area contributed by atoms with Gasteiger partial charge in [-0.15, -0.1) is 0 Å². The molecular formula is C12H10F3N3. The quantitative estimate of drug-likeness (QED) is 0.914. The van der Waals surface area contributed by atoms with Crippen LogP contribution >= 0.6 is 0 Å². The molecule has 0 amide bonds. The van der Waals surface area contributed by atoms with Gasteiger partial charge >= 0.3 is 0 Å². The fraction of sp³-hybridized carbons (Fsp3) is 0.167. The SMILES string of the molecule is NCc1cnc(-c2ccc(F)cc2)nc1C(F)F. The van der Waals surface area contributed by atoms with Gasteiger partial charge in [0.15, 0.2) is 5.82 Å². The Bertz CT molecular complexity index is 541. The lowest BCUT2D eigenvalue weighted by Crippen LogP contribution is -2.06. The number of alkyl halides is 2. The van der Waals surface area contributed by atoms with Crippen LogP contribution in [0.5, 0.6) is 0 Å². The molecule has 0 radical (unpaired) electrons. The van der Waals surface area contributed by atoms with Crippen LogP contribution in [0.4, 0.5) is 13.2 Å². The molecule has 0 unspecified atom stereocenters. The van der Waals surface area contributed by atoms with Gasteiger partial charge in [-0.2, -0.15) is 0 Å². The molecule has 0 aliphatic heterocycles. The summed E-state index contributed by atoms with van der Waals surface area (Å²) >= 11 is 0. The van der Waals surface area contributed by atoms with Gasteiger partial charge in [-0.05, 0) is 24.3 Å². The summed E-state index contributed by atoms with van der Waals surface area (Å²) in [5, 5.41) is 0. The molecule has 0 atom stereocenters. The molecule has 2 aromatic rings. The maximum Gasteiger partial charge on any atom is 0.280 e. The summed E-state index contributed by atoms with van der Waals surface area (Å²) in [6.07, 6.45) is -1.45. The molecule has 94 valence electrons. The van der Waals surface area contributed by atoms with Gasteiger partial charge < -0.3 is 5.73 Å². The average molecular weight is 253 g/mol. The van der Waals surface area contributed by atoms with Crippen LogP contribution in [0.25, 0.3) is 11.4 Å². The van der Waals surface area contributed by atoms with E-state index in [1.54, 1.807) is 0 Å². The molecule has 0 aliphatic rings. The van der Waals surface area contributed by atoms with Crippen LogP contribution in [0, 0.1) is 5.82 Å². The number of aromatic nitrogens is 2. The zero-order valence-electron chi connectivity index (χ0n) is 9.28. The minimum atomic E-state index is -2.72. The molecule has 0 spiro atoms. The first kappa shape index (κ1) is 12.5. The normalized spacial score (nSPS) is 10.9. The van der Waals surface area contributed by atoms with Gasteiger partial charge in [0.05, 0.1) is 0 Å². The molecule has 2 N–H and O–H groups in total. The topological polar surface area (TPSA) is 51.8 Å². The highest BCUT2D eigenvalue weighted by Gasteiger charge is 2.16. The van der Waals surface area contributed by atoms with E-state index in [4.69, 9.17) is 5.73 Å². The molecule has 1 aromatic heterocycles. The largest absolute Gasteiger partial charge is 0.326 e. The second-order valence-electron chi connectivity index (χ2n) is 3.62. The van der Waals surface area contributed by atoms with Crippen molar-refractivity contribution in [3.05, 3.63) is 47.5 Å². The van der Waals surface area contributed by atoms with E-state index in [0.717, 1.165) is 0 Å². The monoisotopic (exact) mass is 253 g/mol. The lowest BCUT2D eigenvalue weighted by molar-refractivity contribution is 0.144. The van der Waals surface area contributed by atoms with Crippen molar-refractivity contribution in [2.75, 3.05) is 0 Å². The Labute approximate surface area is 101 Å². The summed E-state index contributed by atoms with van der Waals surface area (Å²) in [4.78, 5) is 7.72. The van der Waals surface area contributed by atoms with Crippen LogP contribution in [-0.4, -0.2) is 9.97 Å². The minimum Gasteiger partial charge on any atom is -0.326 e. The molecule has 0 saturated heterocycles. The molecule has 0 bridgehead atoms. The minimum absolute atomic E-state index is 0.0522. The Morgan fingerprint density at radius 3 is 2.39 bits per heavy atom. The van der Waals surface area contributed by atoms with Crippen LogP contribution in [0.15, 0.2) is 30.5 Å². The summed E-state index contributed by atoms with van der Waals surface area (Å²) in [6, 6.07) is 5.30. The van der Waals surface area contributed by atoms with Crippen LogP contribution in [0.1, 0.15) is 17.7 Å². The molecule has 1 aromatic carbocycles. The Morgan fingerprint density at radius 1 is 1.17 bits per heavy atom. The third-order valence-corrected chi connectivity index (χ3v) is 2.43. The zero-order chi connectivity index (χ0) is 13.1. The lowest BCUT2D eigenvalue weighted by atomic mass is 10.2. The number of benzene rings is 1. The van der Waals surface area contributed by atoms with E-state index >= 15 is 0 Å². The Morgan fingerprint density at radius 2 is 1.83 bits per heavy atom. The molecule has 0 fully saturated rings. The van der Waals surface area contributed by atoms with Crippen molar-refractivity contribution in [3.63, 3.8) is 0 Å². The van der Waals surface area contributed by atoms with Crippen molar-refractivity contribution in [3.8, 4) is 11.4 Å². The van der Waals surface area contributed by atoms with Crippen LogP contribution < -0.4 is 5.73 Å². The lowest BCUT2D eigenvalue weighted by Gasteiger charge is -2.07. The maximum absolute atomic E-state index is 12.8. The highest BCUT2D eigenvalue weighted by atomic mass is 19.3. The van der Waals surface area contributed by atoms with Gasteiger partial charge in [0.2, 0.25) is 0 Å². The van der Waals surface area contributed by atoms with Crippen LogP contribution in [0.2, 0.25) is 0 Å².